The number of aryl methyl sites for hydroxylation is 1. The predicted octanol–water partition coefficient (Wildman–Crippen LogP) is 5.23. The van der Waals surface area contributed by atoms with Crippen LogP contribution in [0.4, 0.5) is 11.4 Å². The number of carbonyl (C=O) groups is 3. The number of fused-ring (bicyclic) bond motifs is 1. The minimum absolute atomic E-state index is 0.0650. The lowest BCUT2D eigenvalue weighted by Crippen LogP contribution is -2.56. The van der Waals surface area contributed by atoms with E-state index in [9.17, 15) is 19.5 Å². The highest BCUT2D eigenvalue weighted by Gasteiger charge is 2.76. The number of hydrogen-bond acceptors (Lipinski definition) is 5. The monoisotopic (exact) mass is 671 g/mol. The van der Waals surface area contributed by atoms with Crippen molar-refractivity contribution in [3.05, 3.63) is 84.4 Å². The van der Waals surface area contributed by atoms with Gasteiger partial charge in [0.05, 0.1) is 27.3 Å². The molecule has 0 radical (unpaired) electrons. The summed E-state index contributed by atoms with van der Waals surface area (Å²) in [6.07, 6.45) is 4.21. The third-order valence-electron chi connectivity index (χ3n) is 8.55. The zero-order chi connectivity index (χ0) is 30.2. The lowest BCUT2D eigenvalue weighted by atomic mass is 9.70. The molecular weight excluding hydrogens is 638 g/mol. The molecular formula is C32H35BrClN3O4S. The molecule has 3 amide bonds. The van der Waals surface area contributed by atoms with Gasteiger partial charge in [0.2, 0.25) is 11.8 Å². The number of aliphatic hydroxyl groups is 1. The summed E-state index contributed by atoms with van der Waals surface area (Å²) < 4.78 is -0.825. The highest BCUT2D eigenvalue weighted by molar-refractivity contribution is 9.09. The number of anilines is 2. The average Bonchev–Trinajstić information content (AvgIpc) is 3.57. The van der Waals surface area contributed by atoms with Gasteiger partial charge in [0.25, 0.3) is 5.91 Å². The van der Waals surface area contributed by atoms with E-state index in [0.717, 1.165) is 11.3 Å². The van der Waals surface area contributed by atoms with Gasteiger partial charge in [0, 0.05) is 42.0 Å². The number of halogens is 2. The first-order valence-electron chi connectivity index (χ1n) is 14.1. The van der Waals surface area contributed by atoms with Crippen molar-refractivity contribution in [1.29, 1.82) is 0 Å². The van der Waals surface area contributed by atoms with Gasteiger partial charge >= 0.3 is 0 Å². The summed E-state index contributed by atoms with van der Waals surface area (Å²) >= 11 is 12.1. The molecule has 10 heteroatoms. The number of alkyl halides is 1. The van der Waals surface area contributed by atoms with E-state index in [1.807, 2.05) is 49.4 Å². The SMILES string of the molecule is C=CCN(C(=O)[C@H]1[C@@H]2SC3(CC2Br)C(C(=O)N(CC=C)c2c(C)cccc2Cl)N(CCCO)C(=O)[C@H]13)c1ccccc1. The van der Waals surface area contributed by atoms with Crippen LogP contribution in [0.5, 0.6) is 0 Å². The molecule has 5 rings (SSSR count). The second kappa shape index (κ2) is 12.6. The maximum Gasteiger partial charge on any atom is 0.251 e. The van der Waals surface area contributed by atoms with Gasteiger partial charge in [-0.1, -0.05) is 70.0 Å². The van der Waals surface area contributed by atoms with Crippen LogP contribution in [-0.2, 0) is 14.4 Å². The van der Waals surface area contributed by atoms with Gasteiger partial charge in [-0.2, -0.15) is 0 Å². The van der Waals surface area contributed by atoms with Crippen LogP contribution in [0.1, 0.15) is 18.4 Å². The number of rotatable bonds is 11. The fourth-order valence-corrected chi connectivity index (χ4v) is 10.9. The smallest absolute Gasteiger partial charge is 0.251 e. The lowest BCUT2D eigenvalue weighted by molar-refractivity contribution is -0.139. The third-order valence-corrected chi connectivity index (χ3v) is 12.1. The fraction of sp³-hybridized carbons (Fsp3) is 0.406. The summed E-state index contributed by atoms with van der Waals surface area (Å²) in [6.45, 7) is 10.2. The van der Waals surface area contributed by atoms with E-state index in [0.29, 0.717) is 30.1 Å². The van der Waals surface area contributed by atoms with Gasteiger partial charge in [-0.3, -0.25) is 14.4 Å². The maximum atomic E-state index is 14.8. The molecule has 6 atom stereocenters. The van der Waals surface area contributed by atoms with Crippen molar-refractivity contribution in [3.8, 4) is 0 Å². The number of para-hydroxylation sites is 2. The van der Waals surface area contributed by atoms with Gasteiger partial charge in [-0.25, -0.2) is 0 Å². The molecule has 2 bridgehead atoms. The summed E-state index contributed by atoms with van der Waals surface area (Å²) in [5.74, 6) is -1.94. The van der Waals surface area contributed by atoms with Gasteiger partial charge in [0.1, 0.15) is 6.04 Å². The van der Waals surface area contributed by atoms with E-state index in [2.05, 4.69) is 29.1 Å². The molecule has 3 fully saturated rings. The van der Waals surface area contributed by atoms with Crippen molar-refractivity contribution in [2.75, 3.05) is 36.0 Å². The molecule has 2 aromatic rings. The number of carbonyl (C=O) groups excluding carboxylic acids is 3. The third kappa shape index (κ3) is 5.02. The van der Waals surface area contributed by atoms with Crippen molar-refractivity contribution in [2.24, 2.45) is 11.8 Å². The molecule has 0 saturated carbocycles. The van der Waals surface area contributed by atoms with Crippen molar-refractivity contribution < 1.29 is 19.5 Å². The van der Waals surface area contributed by atoms with Crippen molar-refractivity contribution in [2.45, 2.75) is 40.6 Å². The Morgan fingerprint density at radius 2 is 1.81 bits per heavy atom. The first kappa shape index (κ1) is 30.9. The van der Waals surface area contributed by atoms with Crippen LogP contribution in [0.2, 0.25) is 5.02 Å². The van der Waals surface area contributed by atoms with Crippen LogP contribution in [0.3, 0.4) is 0 Å². The Hall–Kier alpha value is -2.59. The van der Waals surface area contributed by atoms with Crippen molar-refractivity contribution in [1.82, 2.24) is 4.90 Å². The maximum absolute atomic E-state index is 14.8. The second-order valence-corrected chi connectivity index (χ2v) is 14.1. The van der Waals surface area contributed by atoms with E-state index in [1.54, 1.807) is 44.7 Å². The molecule has 0 aliphatic carbocycles. The first-order chi connectivity index (χ1) is 20.2. The Balaban J connectivity index is 1.60. The van der Waals surface area contributed by atoms with Gasteiger partial charge in [-0.15, -0.1) is 24.9 Å². The zero-order valence-electron chi connectivity index (χ0n) is 23.5. The van der Waals surface area contributed by atoms with Crippen LogP contribution in [0.25, 0.3) is 0 Å². The summed E-state index contributed by atoms with van der Waals surface area (Å²) in [6, 6.07) is 14.0. The minimum atomic E-state index is -0.838. The van der Waals surface area contributed by atoms with E-state index >= 15 is 0 Å². The molecule has 3 saturated heterocycles. The predicted molar refractivity (Wildman–Crippen MR) is 173 cm³/mol. The Kier molecular flexibility index (Phi) is 9.23. The topological polar surface area (TPSA) is 81.2 Å². The highest BCUT2D eigenvalue weighted by Crippen LogP contribution is 2.68. The average molecular weight is 673 g/mol. The molecule has 3 heterocycles. The molecule has 7 nitrogen and oxygen atoms in total. The van der Waals surface area contributed by atoms with Crippen LogP contribution >= 0.6 is 39.3 Å². The fourth-order valence-electron chi connectivity index (χ4n) is 6.95. The normalized spacial score (nSPS) is 27.6. The summed E-state index contributed by atoms with van der Waals surface area (Å²) in [4.78, 5) is 48.4. The quantitative estimate of drug-likeness (QED) is 0.261. The number of amides is 3. The molecule has 0 aromatic heterocycles. The zero-order valence-corrected chi connectivity index (χ0v) is 26.7. The lowest BCUT2D eigenvalue weighted by Gasteiger charge is -2.39. The van der Waals surface area contributed by atoms with Crippen molar-refractivity contribution in [3.63, 3.8) is 0 Å². The standard InChI is InChI=1S/C32H35BrClN3O4S/c1-4-15-35(21-12-7-6-8-13-21)29(39)24-25-30(40)37(17-10-18-38)28(32(25)19-22(33)27(24)42-32)31(41)36(16-5-2)26-20(3)11-9-14-23(26)34/h4-9,11-14,22,24-25,27-28,38H,1-2,10,15-19H2,3H3/t22?,24-,25+,27-,28?,32?/m1/s1. The second-order valence-electron chi connectivity index (χ2n) is 11.0. The first-order valence-corrected chi connectivity index (χ1v) is 16.3. The number of nitrogens with zero attached hydrogens (tertiary/aromatic N) is 3. The molecule has 2 aromatic carbocycles. The Morgan fingerprint density at radius 1 is 1.12 bits per heavy atom. The highest BCUT2D eigenvalue weighted by atomic mass is 79.9. The number of thioether (sulfide) groups is 1. The Labute approximate surface area is 264 Å². The van der Waals surface area contributed by atoms with Crippen LogP contribution in [0.15, 0.2) is 73.8 Å². The summed E-state index contributed by atoms with van der Waals surface area (Å²) in [5, 5.41) is 9.95. The molecule has 3 aliphatic rings. The summed E-state index contributed by atoms with van der Waals surface area (Å²) in [7, 11) is 0. The summed E-state index contributed by atoms with van der Waals surface area (Å²) in [5.41, 5.74) is 2.15. The van der Waals surface area contributed by atoms with E-state index in [1.165, 1.54) is 0 Å². The number of benzene rings is 2. The molecule has 3 aliphatic heterocycles. The molecule has 1 spiro atoms. The number of likely N-dealkylation sites (tertiary alicyclic amines) is 1. The van der Waals surface area contributed by atoms with Crippen LogP contribution in [-0.4, -0.2) is 74.8 Å². The van der Waals surface area contributed by atoms with E-state index in [-0.39, 0.29) is 47.5 Å². The van der Waals surface area contributed by atoms with E-state index < -0.39 is 22.6 Å². The van der Waals surface area contributed by atoms with Gasteiger partial charge < -0.3 is 19.8 Å². The minimum Gasteiger partial charge on any atom is -0.396 e. The van der Waals surface area contributed by atoms with Gasteiger partial charge in [-0.05, 0) is 43.5 Å². The molecule has 1 N–H and O–H groups in total. The Morgan fingerprint density at radius 3 is 2.45 bits per heavy atom. The molecule has 3 unspecified atom stereocenters. The van der Waals surface area contributed by atoms with Crippen molar-refractivity contribution >= 4 is 68.4 Å². The molecule has 222 valence electrons. The van der Waals surface area contributed by atoms with E-state index in [4.69, 9.17) is 11.6 Å². The molecule has 42 heavy (non-hydrogen) atoms. The number of hydrogen-bond donors (Lipinski definition) is 1. The largest absolute Gasteiger partial charge is 0.396 e. The van der Waals surface area contributed by atoms with Crippen LogP contribution < -0.4 is 9.80 Å². The number of aliphatic hydroxyl groups excluding tert-OH is 1. The Bertz CT molecular complexity index is 1370. The van der Waals surface area contributed by atoms with Crippen LogP contribution in [0, 0.1) is 18.8 Å². The van der Waals surface area contributed by atoms with Gasteiger partial charge in [0.15, 0.2) is 0 Å².